The largest absolute Gasteiger partial charge is 0.507 e. The second kappa shape index (κ2) is 8.51. The Kier molecular flexibility index (Phi) is 5.62. The van der Waals surface area contributed by atoms with Crippen LogP contribution in [0.2, 0.25) is 0 Å². The van der Waals surface area contributed by atoms with Gasteiger partial charge in [-0.3, -0.25) is 14.6 Å². The van der Waals surface area contributed by atoms with Crippen LogP contribution in [0, 0.1) is 11.6 Å². The molecule has 6 nitrogen and oxygen atoms in total. The van der Waals surface area contributed by atoms with Crippen molar-refractivity contribution in [1.29, 1.82) is 0 Å². The van der Waals surface area contributed by atoms with E-state index in [1.54, 1.807) is 12.5 Å². The number of aromatic nitrogens is 2. The predicted octanol–water partition coefficient (Wildman–Crippen LogP) is 3.09. The van der Waals surface area contributed by atoms with Gasteiger partial charge in [-0.05, 0) is 42.0 Å². The van der Waals surface area contributed by atoms with Gasteiger partial charge in [0.1, 0.15) is 29.8 Å². The molecule has 4 rings (SSSR count). The first-order valence-electron chi connectivity index (χ1n) is 9.77. The molecule has 2 heterocycles. The number of hydrogen-bond donors (Lipinski definition) is 2. The Morgan fingerprint density at radius 3 is 2.29 bits per heavy atom. The molecule has 0 spiro atoms. The lowest BCUT2D eigenvalue weighted by atomic mass is 9.95. The summed E-state index contributed by atoms with van der Waals surface area (Å²) >= 11 is 0. The lowest BCUT2D eigenvalue weighted by molar-refractivity contribution is -0.695. The number of rotatable bonds is 6. The van der Waals surface area contributed by atoms with Crippen LogP contribution >= 0.6 is 0 Å². The van der Waals surface area contributed by atoms with E-state index in [9.17, 15) is 23.5 Å². The molecular weight excluding hydrogens is 404 g/mol. The molecule has 8 heteroatoms. The van der Waals surface area contributed by atoms with Gasteiger partial charge in [0.05, 0.1) is 18.2 Å². The van der Waals surface area contributed by atoms with Crippen LogP contribution in [0.25, 0.3) is 5.76 Å². The van der Waals surface area contributed by atoms with E-state index in [2.05, 4.69) is 4.98 Å². The summed E-state index contributed by atoms with van der Waals surface area (Å²) in [5.41, 5.74) is 0.616. The summed E-state index contributed by atoms with van der Waals surface area (Å²) in [4.78, 5) is 30.0. The number of aromatic amines is 1. The Morgan fingerprint density at radius 2 is 1.68 bits per heavy atom. The molecule has 1 saturated heterocycles. The highest BCUT2D eigenvalue weighted by atomic mass is 19.1. The fraction of sp³-hybridized carbons (Fsp3) is 0.174. The number of imidazole rings is 1. The zero-order valence-electron chi connectivity index (χ0n) is 16.5. The number of hydrogen-bond acceptors (Lipinski definition) is 3. The average Bonchev–Trinajstić information content (AvgIpc) is 3.37. The van der Waals surface area contributed by atoms with E-state index in [-0.39, 0.29) is 17.7 Å². The van der Waals surface area contributed by atoms with Gasteiger partial charge in [-0.15, -0.1) is 0 Å². The third kappa shape index (κ3) is 4.09. The van der Waals surface area contributed by atoms with Crippen LogP contribution in [-0.4, -0.2) is 33.2 Å². The summed E-state index contributed by atoms with van der Waals surface area (Å²) in [7, 11) is 0. The third-order valence-corrected chi connectivity index (χ3v) is 5.26. The fourth-order valence-electron chi connectivity index (χ4n) is 3.75. The minimum absolute atomic E-state index is 0.0995. The summed E-state index contributed by atoms with van der Waals surface area (Å²) in [6, 6.07) is 9.56. The lowest BCUT2D eigenvalue weighted by Crippen LogP contribution is -2.36. The number of aryl methyl sites for hydroxylation is 1. The molecule has 0 radical (unpaired) electrons. The van der Waals surface area contributed by atoms with Gasteiger partial charge in [-0.1, -0.05) is 12.1 Å². The van der Waals surface area contributed by atoms with E-state index in [1.807, 2.05) is 10.8 Å². The summed E-state index contributed by atoms with van der Waals surface area (Å²) in [6.45, 7) is 0.867. The highest BCUT2D eigenvalue weighted by molar-refractivity contribution is 6.46. The predicted molar refractivity (Wildman–Crippen MR) is 107 cm³/mol. The second-order valence-electron chi connectivity index (χ2n) is 7.25. The smallest absolute Gasteiger partial charge is 0.295 e. The van der Waals surface area contributed by atoms with Gasteiger partial charge in [0.2, 0.25) is 6.33 Å². The number of aliphatic hydroxyl groups is 1. The topological polar surface area (TPSA) is 77.3 Å². The van der Waals surface area contributed by atoms with Crippen molar-refractivity contribution in [2.75, 3.05) is 6.54 Å². The minimum atomic E-state index is -0.873. The van der Waals surface area contributed by atoms with Crippen molar-refractivity contribution in [3.63, 3.8) is 0 Å². The van der Waals surface area contributed by atoms with E-state index in [1.165, 1.54) is 41.3 Å². The van der Waals surface area contributed by atoms with Gasteiger partial charge < -0.3 is 10.0 Å². The number of benzene rings is 2. The molecule has 1 fully saturated rings. The van der Waals surface area contributed by atoms with Gasteiger partial charge in [-0.2, -0.15) is 0 Å². The molecule has 0 bridgehead atoms. The number of nitrogens with one attached hydrogen (secondary N) is 1. The van der Waals surface area contributed by atoms with Gasteiger partial charge in [-0.25, -0.2) is 13.3 Å². The molecule has 1 unspecified atom stereocenters. The molecule has 31 heavy (non-hydrogen) atoms. The lowest BCUT2D eigenvalue weighted by Gasteiger charge is -2.25. The summed E-state index contributed by atoms with van der Waals surface area (Å²) in [5, 5.41) is 10.9. The molecule has 0 saturated carbocycles. The highest BCUT2D eigenvalue weighted by Crippen LogP contribution is 2.39. The molecule has 1 aliphatic rings. The molecule has 1 aliphatic heterocycles. The van der Waals surface area contributed by atoms with E-state index in [0.29, 0.717) is 18.5 Å². The van der Waals surface area contributed by atoms with Gasteiger partial charge in [0.25, 0.3) is 11.7 Å². The Balaban J connectivity index is 1.72. The number of halogens is 2. The number of H-pyrrole nitrogens is 1. The number of amides is 1. The monoisotopic (exact) mass is 424 g/mol. The SMILES string of the molecule is O=C1C(=O)N(CCC[n+]2cc[nH]c2)C(c2ccc(F)cc2)C1=C(O)c1ccc(F)cc1. The first-order chi connectivity index (χ1) is 15.0. The second-order valence-corrected chi connectivity index (χ2v) is 7.25. The maximum atomic E-state index is 13.5. The van der Waals surface area contributed by atoms with Crippen molar-refractivity contribution in [3.8, 4) is 0 Å². The highest BCUT2D eigenvalue weighted by Gasteiger charge is 2.45. The number of carbonyl (C=O) groups is 2. The number of aliphatic hydroxyl groups excluding tert-OH is 1. The van der Waals surface area contributed by atoms with Crippen molar-refractivity contribution >= 4 is 17.4 Å². The van der Waals surface area contributed by atoms with Crippen molar-refractivity contribution in [1.82, 2.24) is 9.88 Å². The van der Waals surface area contributed by atoms with E-state index < -0.39 is 35.1 Å². The Bertz CT molecular complexity index is 1120. The van der Waals surface area contributed by atoms with E-state index in [4.69, 9.17) is 0 Å². The molecule has 2 aromatic carbocycles. The van der Waals surface area contributed by atoms with Crippen LogP contribution in [-0.2, 0) is 16.1 Å². The zero-order chi connectivity index (χ0) is 22.0. The van der Waals surface area contributed by atoms with E-state index in [0.717, 1.165) is 12.1 Å². The Hall–Kier alpha value is -3.81. The van der Waals surface area contributed by atoms with Crippen molar-refractivity contribution in [2.45, 2.75) is 19.0 Å². The third-order valence-electron chi connectivity index (χ3n) is 5.26. The summed E-state index contributed by atoms with van der Waals surface area (Å²) < 4.78 is 28.7. The van der Waals surface area contributed by atoms with E-state index >= 15 is 0 Å². The van der Waals surface area contributed by atoms with Crippen LogP contribution in [0.15, 0.2) is 72.8 Å². The molecular formula is C23H20F2N3O3+. The van der Waals surface area contributed by atoms with Gasteiger partial charge in [0.15, 0.2) is 0 Å². The quantitative estimate of drug-likeness (QED) is 0.276. The fourth-order valence-corrected chi connectivity index (χ4v) is 3.75. The number of carbonyl (C=O) groups excluding carboxylic acids is 2. The molecule has 1 amide bonds. The number of likely N-dealkylation sites (tertiary alicyclic amines) is 1. The summed E-state index contributed by atoms with van der Waals surface area (Å²) in [5.74, 6) is -2.91. The summed E-state index contributed by atoms with van der Waals surface area (Å²) in [6.07, 6.45) is 5.96. The van der Waals surface area contributed by atoms with Crippen molar-refractivity contribution in [2.24, 2.45) is 0 Å². The first-order valence-corrected chi connectivity index (χ1v) is 9.77. The Labute approximate surface area is 177 Å². The van der Waals surface area contributed by atoms with Gasteiger partial charge >= 0.3 is 0 Å². The van der Waals surface area contributed by atoms with Crippen molar-refractivity contribution < 1.29 is 28.0 Å². The molecule has 0 aliphatic carbocycles. The molecule has 158 valence electrons. The van der Waals surface area contributed by atoms with Crippen LogP contribution in [0.5, 0.6) is 0 Å². The first kappa shape index (κ1) is 20.5. The Morgan fingerprint density at radius 1 is 1.03 bits per heavy atom. The van der Waals surface area contributed by atoms with Crippen LogP contribution in [0.1, 0.15) is 23.6 Å². The normalized spacial score (nSPS) is 18.0. The molecule has 3 aromatic rings. The maximum absolute atomic E-state index is 13.5. The molecule has 2 N–H and O–H groups in total. The minimum Gasteiger partial charge on any atom is -0.507 e. The molecule has 1 atom stereocenters. The number of ketones is 1. The average molecular weight is 424 g/mol. The maximum Gasteiger partial charge on any atom is 0.295 e. The van der Waals surface area contributed by atoms with Crippen molar-refractivity contribution in [3.05, 3.63) is 95.6 Å². The number of nitrogens with zero attached hydrogens (tertiary/aromatic N) is 2. The zero-order valence-corrected chi connectivity index (χ0v) is 16.5. The standard InChI is InChI=1S/C23H19F2N3O3/c24-17-6-2-15(3-7-17)20-19(21(29)16-4-8-18(25)9-5-16)22(30)23(31)28(20)12-1-11-27-13-10-26-14-27/h2-10,13-14,20H,1,11-12H2,(H,29,30)/p+1. The van der Waals surface area contributed by atoms with Crippen LogP contribution in [0.4, 0.5) is 8.78 Å². The van der Waals surface area contributed by atoms with Crippen LogP contribution < -0.4 is 4.57 Å². The van der Waals surface area contributed by atoms with Gasteiger partial charge in [0, 0.05) is 18.5 Å². The molecule has 1 aromatic heterocycles. The van der Waals surface area contributed by atoms with Crippen LogP contribution in [0.3, 0.4) is 0 Å². The number of Topliss-reactive ketones (excluding diaryl/α,β-unsaturated/α-hetero) is 1.